The Labute approximate surface area is 206 Å². The van der Waals surface area contributed by atoms with Gasteiger partial charge in [-0.15, -0.1) is 0 Å². The lowest BCUT2D eigenvalue weighted by Gasteiger charge is -2.34. The van der Waals surface area contributed by atoms with Gasteiger partial charge < -0.3 is 9.64 Å². The molecule has 33 heavy (non-hydrogen) atoms. The predicted molar refractivity (Wildman–Crippen MR) is 141 cm³/mol. The first-order valence-corrected chi connectivity index (χ1v) is 15.6. The van der Waals surface area contributed by atoms with Gasteiger partial charge in [0.1, 0.15) is 12.4 Å². The average Bonchev–Trinajstić information content (AvgIpc) is 2.81. The molecule has 1 atom stereocenters. The molecule has 0 radical (unpaired) electrons. The fourth-order valence-corrected chi connectivity index (χ4v) is 6.17. The van der Waals surface area contributed by atoms with Crippen LogP contribution < -0.4 is 9.64 Å². The number of anilines is 1. The number of benzene rings is 2. The molecule has 1 aromatic heterocycles. The summed E-state index contributed by atoms with van der Waals surface area (Å²) in [5.41, 5.74) is 6.41. The van der Waals surface area contributed by atoms with Gasteiger partial charge in [-0.05, 0) is 78.5 Å². The maximum Gasteiger partial charge on any atom is 0.225 e. The zero-order valence-electron chi connectivity index (χ0n) is 18.6. The Morgan fingerprint density at radius 1 is 1.00 bits per heavy atom. The Morgan fingerprint density at radius 2 is 1.70 bits per heavy atom. The Bertz CT molecular complexity index is 1220. The summed E-state index contributed by atoms with van der Waals surface area (Å²) in [5, 5.41) is 0. The summed E-state index contributed by atoms with van der Waals surface area (Å²) in [6.07, 6.45) is 7.26. The molecule has 0 amide bonds. The third kappa shape index (κ3) is 5.29. The smallest absolute Gasteiger partial charge is 0.225 e. The van der Waals surface area contributed by atoms with Crippen molar-refractivity contribution in [2.24, 2.45) is 0 Å². The second kappa shape index (κ2) is 9.41. The van der Waals surface area contributed by atoms with Crippen LogP contribution in [0.25, 0.3) is 0 Å². The molecule has 2 aliphatic rings. The molecule has 0 spiro atoms. The van der Waals surface area contributed by atoms with Crippen LogP contribution in [0.4, 0.5) is 5.95 Å². The van der Waals surface area contributed by atoms with E-state index in [2.05, 4.69) is 73.9 Å². The number of ether oxygens (including phenoxy) is 1. The quantitative estimate of drug-likeness (QED) is 0.386. The molecular weight excluding hydrogens is 519 g/mol. The van der Waals surface area contributed by atoms with Crippen molar-refractivity contribution in [3.8, 4) is 5.75 Å². The molecule has 174 valence electrons. The van der Waals surface area contributed by atoms with Crippen LogP contribution in [0, 0.1) is 0 Å². The van der Waals surface area contributed by atoms with Gasteiger partial charge in [0.15, 0.2) is 0 Å². The van der Waals surface area contributed by atoms with Crippen LogP contribution in [0.1, 0.15) is 27.8 Å². The summed E-state index contributed by atoms with van der Waals surface area (Å²) in [6, 6.07) is 12.9. The fraction of sp³-hybridized carbons (Fsp3) is 0.333. The van der Waals surface area contributed by atoms with Crippen molar-refractivity contribution in [2.45, 2.75) is 32.5 Å². The molecule has 0 bridgehead atoms. The van der Waals surface area contributed by atoms with E-state index in [4.69, 9.17) is 4.74 Å². The van der Waals surface area contributed by atoms with Crippen LogP contribution in [-0.2, 0) is 42.3 Å². The molecule has 0 aliphatic carbocycles. The summed E-state index contributed by atoms with van der Waals surface area (Å²) in [5.74, 6) is 1.66. The largest absolute Gasteiger partial charge is 0.489 e. The highest BCUT2D eigenvalue weighted by Crippen LogP contribution is 2.29. The number of thiol groups is 1. The van der Waals surface area contributed by atoms with Crippen LogP contribution in [0.15, 0.2) is 53.3 Å². The Balaban J connectivity index is 1.22. The van der Waals surface area contributed by atoms with Crippen LogP contribution in [-0.4, -0.2) is 37.8 Å². The molecular formula is C24H28BrN4O2PS. The molecule has 0 N–H and O–H groups in total. The summed E-state index contributed by atoms with van der Waals surface area (Å²) < 4.78 is 21.5. The van der Waals surface area contributed by atoms with E-state index in [0.29, 0.717) is 6.61 Å². The molecule has 6 nitrogen and oxygen atoms in total. The standard InChI is InChI=1S/C24H28BrN4O2PS/c1-33(30,32)29-9-7-19-11-23(5-4-21(19)15-29)31-16-17-2-3-20-14-28(8-6-18(20)10-17)24-26-12-22(25)13-27-24/h2-5,10-13,33H,6-9,14-16,32H2,1H3. The minimum atomic E-state index is -2.29. The number of halogens is 1. The summed E-state index contributed by atoms with van der Waals surface area (Å²) in [4.78, 5) is 11.1. The van der Waals surface area contributed by atoms with Crippen molar-refractivity contribution >= 4 is 40.1 Å². The van der Waals surface area contributed by atoms with Gasteiger partial charge in [0, 0.05) is 44.8 Å². The monoisotopic (exact) mass is 546 g/mol. The first kappa shape index (κ1) is 22.9. The van der Waals surface area contributed by atoms with E-state index < -0.39 is 9.74 Å². The van der Waals surface area contributed by atoms with Gasteiger partial charge in [-0.3, -0.25) is 4.21 Å². The second-order valence-corrected chi connectivity index (χ2v) is 15.0. The van der Waals surface area contributed by atoms with E-state index >= 15 is 0 Å². The first-order valence-electron chi connectivity index (χ1n) is 11.0. The van der Waals surface area contributed by atoms with E-state index in [1.54, 1.807) is 12.4 Å². The van der Waals surface area contributed by atoms with Crippen LogP contribution in [0.2, 0.25) is 0 Å². The summed E-state index contributed by atoms with van der Waals surface area (Å²) in [7, 11) is 0.226. The Hall–Kier alpha value is -1.86. The molecule has 9 heteroatoms. The van der Waals surface area contributed by atoms with Gasteiger partial charge in [-0.25, -0.2) is 14.3 Å². The molecule has 0 saturated heterocycles. The number of hydrogen-bond acceptors (Lipinski definition) is 5. The molecule has 3 heterocycles. The van der Waals surface area contributed by atoms with E-state index in [9.17, 15) is 4.21 Å². The molecule has 0 fully saturated rings. The topological polar surface area (TPSA) is 58.6 Å². The van der Waals surface area contributed by atoms with E-state index in [1.807, 2.05) is 12.3 Å². The van der Waals surface area contributed by atoms with Crippen molar-refractivity contribution in [1.82, 2.24) is 14.3 Å². The van der Waals surface area contributed by atoms with E-state index in [0.717, 1.165) is 55.2 Å². The van der Waals surface area contributed by atoms with Crippen molar-refractivity contribution in [1.29, 1.82) is 0 Å². The van der Waals surface area contributed by atoms with Crippen LogP contribution in [0.5, 0.6) is 5.75 Å². The van der Waals surface area contributed by atoms with Crippen molar-refractivity contribution in [2.75, 3.05) is 24.2 Å². The Kier molecular flexibility index (Phi) is 6.54. The molecule has 0 saturated carbocycles. The van der Waals surface area contributed by atoms with E-state index in [-0.39, 0.29) is 0 Å². The van der Waals surface area contributed by atoms with E-state index in [1.165, 1.54) is 27.8 Å². The summed E-state index contributed by atoms with van der Waals surface area (Å²) in [6.45, 7) is 3.83. The van der Waals surface area contributed by atoms with Gasteiger partial charge >= 0.3 is 0 Å². The third-order valence-corrected chi connectivity index (χ3v) is 9.16. The number of hydrogen-bond donors (Lipinski definition) is 1. The number of rotatable bonds is 5. The van der Waals surface area contributed by atoms with Crippen molar-refractivity contribution in [3.05, 3.63) is 81.1 Å². The molecule has 2 aromatic carbocycles. The highest BCUT2D eigenvalue weighted by Gasteiger charge is 2.22. The second-order valence-electron chi connectivity index (χ2n) is 8.78. The van der Waals surface area contributed by atoms with Crippen molar-refractivity contribution in [3.63, 3.8) is 0 Å². The third-order valence-electron chi connectivity index (χ3n) is 6.31. The van der Waals surface area contributed by atoms with Gasteiger partial charge in [0.05, 0.1) is 4.47 Å². The van der Waals surface area contributed by atoms with Crippen LogP contribution >= 0.6 is 24.4 Å². The number of nitrogens with zero attached hydrogens (tertiary/aromatic N) is 4. The Morgan fingerprint density at radius 3 is 2.48 bits per heavy atom. The van der Waals surface area contributed by atoms with Gasteiger partial charge in [0.25, 0.3) is 0 Å². The zero-order chi connectivity index (χ0) is 23.0. The zero-order valence-corrected chi connectivity index (χ0v) is 22.2. The predicted octanol–water partition coefficient (Wildman–Crippen LogP) is 4.09. The van der Waals surface area contributed by atoms with Crippen molar-refractivity contribution < 1.29 is 8.95 Å². The maximum atomic E-state index is 12.4. The molecule has 3 aromatic rings. The molecule has 5 rings (SSSR count). The average molecular weight is 547 g/mol. The first-order chi connectivity index (χ1) is 15.8. The maximum absolute atomic E-state index is 12.4. The number of aromatic nitrogens is 2. The fourth-order valence-electron chi connectivity index (χ4n) is 4.45. The lowest BCUT2D eigenvalue weighted by molar-refractivity contribution is 0.305. The lowest BCUT2D eigenvalue weighted by atomic mass is 9.97. The minimum absolute atomic E-state index is 0.549. The van der Waals surface area contributed by atoms with Crippen LogP contribution in [0.3, 0.4) is 0 Å². The highest BCUT2D eigenvalue weighted by molar-refractivity contribution is 9.10. The van der Waals surface area contributed by atoms with Gasteiger partial charge in [-0.1, -0.05) is 32.7 Å². The molecule has 2 aliphatic heterocycles. The SMILES string of the molecule is C[SH](=O)(P)N1CCc2cc(OCc3ccc4c(c3)CCN(c3ncc(Br)cn3)C4)ccc2C1. The highest BCUT2D eigenvalue weighted by atomic mass is 79.9. The minimum Gasteiger partial charge on any atom is -0.489 e. The van der Waals surface area contributed by atoms with Gasteiger partial charge in [-0.2, -0.15) is 0 Å². The van der Waals surface area contributed by atoms with Gasteiger partial charge in [0.2, 0.25) is 5.95 Å². The summed E-state index contributed by atoms with van der Waals surface area (Å²) >= 11 is 3.39. The molecule has 1 unspecified atom stereocenters. The lowest BCUT2D eigenvalue weighted by Crippen LogP contribution is -2.36. The number of fused-ring (bicyclic) bond motifs is 2. The normalized spacial score (nSPS) is 16.8.